The number of rotatable bonds is 3. The lowest BCUT2D eigenvalue weighted by Gasteiger charge is -2.09. The van der Waals surface area contributed by atoms with E-state index in [9.17, 15) is 17.2 Å². The van der Waals surface area contributed by atoms with Crippen LogP contribution in [0.2, 0.25) is 5.02 Å². The predicted molar refractivity (Wildman–Crippen MR) is 85.2 cm³/mol. The predicted octanol–water partition coefficient (Wildman–Crippen LogP) is 4.21. The Bertz CT molecular complexity index is 1020. The molecule has 4 nitrogen and oxygen atoms in total. The summed E-state index contributed by atoms with van der Waals surface area (Å²) < 4.78 is 53.8. The number of H-pyrrole nitrogens is 1. The van der Waals surface area contributed by atoms with Gasteiger partial charge in [-0.25, -0.2) is 17.2 Å². The molecule has 0 saturated carbocycles. The van der Waals surface area contributed by atoms with Crippen molar-refractivity contribution in [3.63, 3.8) is 0 Å². The van der Waals surface area contributed by atoms with E-state index in [1.54, 1.807) is 18.2 Å². The third-order valence-corrected chi connectivity index (χ3v) is 5.12. The number of aromatic nitrogens is 1. The highest BCUT2D eigenvalue weighted by Gasteiger charge is 2.21. The molecule has 0 radical (unpaired) electrons. The first kappa shape index (κ1) is 15.8. The summed E-state index contributed by atoms with van der Waals surface area (Å²) in [7, 11) is -4.06. The molecule has 8 heteroatoms. The zero-order chi connectivity index (χ0) is 16.8. The van der Waals surface area contributed by atoms with Crippen LogP contribution in [0.15, 0.2) is 41.4 Å². The molecule has 2 N–H and O–H groups in total. The van der Waals surface area contributed by atoms with Gasteiger partial charge in [0.1, 0.15) is 21.6 Å². The highest BCUT2D eigenvalue weighted by atomic mass is 35.5. The van der Waals surface area contributed by atoms with Gasteiger partial charge in [0.25, 0.3) is 10.0 Å². The molecular formula is C15H11ClF2N2O2S. The summed E-state index contributed by atoms with van der Waals surface area (Å²) in [6.07, 6.45) is 1.32. The summed E-state index contributed by atoms with van der Waals surface area (Å²) >= 11 is 5.70. The van der Waals surface area contributed by atoms with Crippen molar-refractivity contribution in [3.8, 4) is 0 Å². The summed E-state index contributed by atoms with van der Waals surface area (Å²) in [6, 6.07) is 6.62. The van der Waals surface area contributed by atoms with E-state index in [0.717, 1.165) is 11.6 Å². The minimum atomic E-state index is -4.06. The molecule has 3 aromatic rings. The van der Waals surface area contributed by atoms with Gasteiger partial charge in [0.15, 0.2) is 0 Å². The van der Waals surface area contributed by atoms with E-state index in [1.807, 2.05) is 6.92 Å². The molecule has 0 saturated heterocycles. The summed E-state index contributed by atoms with van der Waals surface area (Å²) in [5.41, 5.74) is 1.25. The molecule has 0 aliphatic heterocycles. The number of nitrogens with one attached hydrogen (secondary N) is 2. The number of hydrogen-bond acceptors (Lipinski definition) is 2. The minimum Gasteiger partial charge on any atom is -0.360 e. The molecule has 0 aliphatic rings. The maximum absolute atomic E-state index is 13.4. The summed E-state index contributed by atoms with van der Waals surface area (Å²) in [6.45, 7) is 1.88. The van der Waals surface area contributed by atoms with Crippen LogP contribution < -0.4 is 4.72 Å². The Labute approximate surface area is 136 Å². The highest BCUT2D eigenvalue weighted by Crippen LogP contribution is 2.30. The number of aromatic amines is 1. The summed E-state index contributed by atoms with van der Waals surface area (Å²) in [4.78, 5) is 2.82. The van der Waals surface area contributed by atoms with Crippen molar-refractivity contribution >= 4 is 38.2 Å². The number of sulfonamides is 1. The number of anilines is 1. The van der Waals surface area contributed by atoms with Gasteiger partial charge in [0.05, 0.1) is 5.69 Å². The topological polar surface area (TPSA) is 62.0 Å². The molecule has 0 bridgehead atoms. The monoisotopic (exact) mass is 356 g/mol. The Morgan fingerprint density at radius 3 is 2.65 bits per heavy atom. The van der Waals surface area contributed by atoms with Gasteiger partial charge >= 0.3 is 0 Å². The van der Waals surface area contributed by atoms with Crippen molar-refractivity contribution in [2.24, 2.45) is 0 Å². The van der Waals surface area contributed by atoms with Crippen molar-refractivity contribution in [1.82, 2.24) is 4.98 Å². The molecule has 0 amide bonds. The van der Waals surface area contributed by atoms with Gasteiger partial charge < -0.3 is 4.98 Å². The van der Waals surface area contributed by atoms with Crippen LogP contribution in [0.1, 0.15) is 5.56 Å². The number of benzene rings is 2. The van der Waals surface area contributed by atoms with Crippen LogP contribution in [0, 0.1) is 18.6 Å². The Hall–Kier alpha value is -2.12. The summed E-state index contributed by atoms with van der Waals surface area (Å²) in [5.74, 6) is -1.97. The summed E-state index contributed by atoms with van der Waals surface area (Å²) in [5, 5.41) is -0.0261. The maximum Gasteiger partial charge on any atom is 0.264 e. The standard InChI is InChI=1S/C15H11ClF2N2O2S/c1-8-2-3-10-12(4-8)19-7-14(10)23(21,22)20-13-6-9(17)5-11(18)15(13)16/h2-7,19-20H,1H3. The van der Waals surface area contributed by atoms with Crippen molar-refractivity contribution in [1.29, 1.82) is 0 Å². The molecule has 0 fully saturated rings. The van der Waals surface area contributed by atoms with Gasteiger partial charge in [-0.05, 0) is 24.6 Å². The van der Waals surface area contributed by atoms with Crippen molar-refractivity contribution in [3.05, 3.63) is 58.7 Å². The van der Waals surface area contributed by atoms with Gasteiger partial charge in [-0.2, -0.15) is 0 Å². The Balaban J connectivity index is 2.08. The molecule has 23 heavy (non-hydrogen) atoms. The highest BCUT2D eigenvalue weighted by molar-refractivity contribution is 7.93. The van der Waals surface area contributed by atoms with Gasteiger partial charge in [-0.1, -0.05) is 23.7 Å². The smallest absolute Gasteiger partial charge is 0.264 e. The number of halogens is 3. The van der Waals surface area contributed by atoms with E-state index >= 15 is 0 Å². The molecule has 0 unspecified atom stereocenters. The fourth-order valence-corrected chi connectivity index (χ4v) is 3.72. The maximum atomic E-state index is 13.4. The van der Waals surface area contributed by atoms with Crippen molar-refractivity contribution in [2.45, 2.75) is 11.8 Å². The van der Waals surface area contributed by atoms with E-state index < -0.39 is 26.7 Å². The number of fused-ring (bicyclic) bond motifs is 1. The zero-order valence-corrected chi connectivity index (χ0v) is 13.4. The van der Waals surface area contributed by atoms with E-state index in [0.29, 0.717) is 17.0 Å². The normalized spacial score (nSPS) is 11.8. The van der Waals surface area contributed by atoms with E-state index in [2.05, 4.69) is 9.71 Å². The van der Waals surface area contributed by atoms with Gasteiger partial charge in [-0.3, -0.25) is 4.72 Å². The van der Waals surface area contributed by atoms with Crippen LogP contribution >= 0.6 is 11.6 Å². The van der Waals surface area contributed by atoms with Gasteiger partial charge in [-0.15, -0.1) is 0 Å². The molecule has 0 spiro atoms. The Morgan fingerprint density at radius 1 is 1.17 bits per heavy atom. The fraction of sp³-hybridized carbons (Fsp3) is 0.0667. The van der Waals surface area contributed by atoms with E-state index in [4.69, 9.17) is 11.6 Å². The van der Waals surface area contributed by atoms with Crippen LogP contribution in [-0.4, -0.2) is 13.4 Å². The molecule has 1 aromatic heterocycles. The molecule has 0 atom stereocenters. The largest absolute Gasteiger partial charge is 0.360 e. The second-order valence-corrected chi connectivity index (χ2v) is 7.09. The van der Waals surface area contributed by atoms with Crippen molar-refractivity contribution < 1.29 is 17.2 Å². The van der Waals surface area contributed by atoms with Crippen LogP contribution in [-0.2, 0) is 10.0 Å². The lowest BCUT2D eigenvalue weighted by molar-refractivity contribution is 0.584. The Kier molecular flexibility index (Phi) is 3.77. The first-order valence-electron chi connectivity index (χ1n) is 6.53. The third kappa shape index (κ3) is 2.89. The Morgan fingerprint density at radius 2 is 1.91 bits per heavy atom. The van der Waals surface area contributed by atoms with Crippen LogP contribution in [0.4, 0.5) is 14.5 Å². The quantitative estimate of drug-likeness (QED) is 0.690. The molecule has 2 aromatic carbocycles. The molecule has 3 rings (SSSR count). The van der Waals surface area contributed by atoms with Crippen LogP contribution in [0.3, 0.4) is 0 Å². The minimum absolute atomic E-state index is 0.0340. The molecular weight excluding hydrogens is 346 g/mol. The lowest BCUT2D eigenvalue weighted by Crippen LogP contribution is -2.13. The average Bonchev–Trinajstić information content (AvgIpc) is 2.87. The zero-order valence-electron chi connectivity index (χ0n) is 11.8. The van der Waals surface area contributed by atoms with Gasteiger partial charge in [0.2, 0.25) is 0 Å². The molecule has 120 valence electrons. The van der Waals surface area contributed by atoms with Gasteiger partial charge in [0, 0.05) is 23.2 Å². The average molecular weight is 357 g/mol. The first-order valence-corrected chi connectivity index (χ1v) is 8.39. The number of hydrogen-bond donors (Lipinski definition) is 2. The third-order valence-electron chi connectivity index (χ3n) is 3.33. The fourth-order valence-electron chi connectivity index (χ4n) is 2.27. The van der Waals surface area contributed by atoms with Crippen LogP contribution in [0.25, 0.3) is 10.9 Å². The van der Waals surface area contributed by atoms with Crippen molar-refractivity contribution in [2.75, 3.05) is 4.72 Å². The number of aryl methyl sites for hydroxylation is 1. The molecule has 1 heterocycles. The lowest BCUT2D eigenvalue weighted by atomic mass is 10.2. The first-order chi connectivity index (χ1) is 10.8. The SMILES string of the molecule is Cc1ccc2c(S(=O)(=O)Nc3cc(F)cc(F)c3Cl)c[nH]c2c1. The second kappa shape index (κ2) is 5.50. The van der Waals surface area contributed by atoms with E-state index in [1.165, 1.54) is 6.20 Å². The molecule has 0 aliphatic carbocycles. The second-order valence-electron chi connectivity index (χ2n) is 5.06. The van der Waals surface area contributed by atoms with Crippen LogP contribution in [0.5, 0.6) is 0 Å². The van der Waals surface area contributed by atoms with E-state index in [-0.39, 0.29) is 10.6 Å².